The summed E-state index contributed by atoms with van der Waals surface area (Å²) in [4.78, 5) is 0. The molecule has 0 bridgehead atoms. The van der Waals surface area contributed by atoms with Gasteiger partial charge in [-0.25, -0.2) is 0 Å². The maximum Gasteiger partial charge on any atom is 0.264 e. The van der Waals surface area contributed by atoms with Crippen LogP contribution in [0.2, 0.25) is 0 Å². The number of unbranched alkanes of at least 4 members (excludes halogenated alkanes) is 1. The van der Waals surface area contributed by atoms with E-state index in [4.69, 9.17) is 39.5 Å². The molecule has 0 aromatic heterocycles. The molecule has 2 rings (SSSR count). The average Bonchev–Trinajstić information content (AvgIpc) is 2.77. The highest BCUT2D eigenvalue weighted by Crippen LogP contribution is 2.27. The minimum absolute atomic E-state index is 0.187. The normalized spacial score (nSPS) is 11.2. The van der Waals surface area contributed by atoms with Crippen molar-refractivity contribution in [2.24, 2.45) is 0 Å². The summed E-state index contributed by atoms with van der Waals surface area (Å²) < 4.78 is 79.6. The second-order valence-corrected chi connectivity index (χ2v) is 10.3. The third kappa shape index (κ3) is 13.5. The number of nitrogens with two attached hydrogens (primary N) is 2. The number of hydrogen-bond donors (Lipinski definition) is 4. The molecule has 0 fully saturated rings. The van der Waals surface area contributed by atoms with Gasteiger partial charge in [-0.15, -0.1) is 0 Å². The Morgan fingerprint density at radius 2 is 1.09 bits per heavy atom. The van der Waals surface area contributed by atoms with Crippen molar-refractivity contribution >= 4 is 31.6 Å². The first-order chi connectivity index (χ1) is 16.3. The summed E-state index contributed by atoms with van der Waals surface area (Å²) in [5.41, 5.74) is 12.3. The van der Waals surface area contributed by atoms with E-state index >= 15 is 0 Å². The number of methoxy groups -OCH3 is 2. The zero-order valence-electron chi connectivity index (χ0n) is 19.5. The zero-order chi connectivity index (χ0) is 26.5. The van der Waals surface area contributed by atoms with Crippen molar-refractivity contribution < 1.29 is 44.9 Å². The van der Waals surface area contributed by atoms with Gasteiger partial charge in [0.2, 0.25) is 0 Å². The summed E-state index contributed by atoms with van der Waals surface area (Å²) in [6.07, 6.45) is 1.10. The highest BCUT2D eigenvalue weighted by Gasteiger charge is 2.06. The van der Waals surface area contributed by atoms with Gasteiger partial charge in [0.1, 0.15) is 23.0 Å². The Bertz CT molecular complexity index is 1140. The molecule has 0 aliphatic heterocycles. The van der Waals surface area contributed by atoms with Gasteiger partial charge in [-0.05, 0) is 43.5 Å². The highest BCUT2D eigenvalue weighted by molar-refractivity contribution is 7.86. The Labute approximate surface area is 205 Å². The molecule has 0 spiro atoms. The molecular weight excluding hydrogens is 504 g/mol. The molecular formula is C21H32N2O10S2. The molecule has 14 heteroatoms. The fraction of sp³-hybridized carbons (Fsp3) is 0.429. The third-order valence-corrected chi connectivity index (χ3v) is 5.90. The molecule has 2 aromatic rings. The molecule has 0 saturated heterocycles. The largest absolute Gasteiger partial charge is 0.494 e. The van der Waals surface area contributed by atoms with Crippen molar-refractivity contribution in [1.82, 2.24) is 0 Å². The maximum absolute atomic E-state index is 10.5. The summed E-state index contributed by atoms with van der Waals surface area (Å²) in [7, 11) is -4.79. The topological polar surface area (TPSA) is 198 Å². The SMILES string of the molecule is COc1cc(OCCCCS(=O)(=O)O)ccc1N.COc1cc(OCCCS(=O)(=O)O)ccc1N. The van der Waals surface area contributed by atoms with Gasteiger partial charge in [-0.3, -0.25) is 9.11 Å². The lowest BCUT2D eigenvalue weighted by Gasteiger charge is -2.09. The van der Waals surface area contributed by atoms with Crippen LogP contribution in [0.1, 0.15) is 19.3 Å². The first kappa shape index (κ1) is 30.1. The Morgan fingerprint density at radius 3 is 1.49 bits per heavy atom. The van der Waals surface area contributed by atoms with Crippen LogP contribution in [0.15, 0.2) is 36.4 Å². The molecule has 12 nitrogen and oxygen atoms in total. The Morgan fingerprint density at radius 1 is 0.686 bits per heavy atom. The van der Waals surface area contributed by atoms with Gasteiger partial charge in [-0.1, -0.05) is 0 Å². The van der Waals surface area contributed by atoms with E-state index in [0.29, 0.717) is 53.8 Å². The molecule has 0 unspecified atom stereocenters. The molecule has 0 atom stereocenters. The molecule has 0 amide bonds. The smallest absolute Gasteiger partial charge is 0.264 e. The Hall–Kier alpha value is -2.94. The minimum atomic E-state index is -3.92. The van der Waals surface area contributed by atoms with Crippen LogP contribution < -0.4 is 30.4 Å². The van der Waals surface area contributed by atoms with Gasteiger partial charge in [0.25, 0.3) is 20.2 Å². The maximum atomic E-state index is 10.5. The predicted octanol–water partition coefficient (Wildman–Crippen LogP) is 2.26. The van der Waals surface area contributed by atoms with E-state index in [2.05, 4.69) is 0 Å². The summed E-state index contributed by atoms with van der Waals surface area (Å²) in [6, 6.07) is 9.95. The van der Waals surface area contributed by atoms with E-state index in [-0.39, 0.29) is 24.5 Å². The van der Waals surface area contributed by atoms with Crippen LogP contribution in [0.5, 0.6) is 23.0 Å². The standard InChI is InChI=1S/C11H17NO5S.C10H15NO5S/c1-16-11-8-9(4-5-10(11)12)17-6-2-3-7-18(13,14)15;1-15-10-7-8(3-4-9(10)11)16-5-2-6-17(12,13)14/h4-5,8H,2-3,6-7,12H2,1H3,(H,13,14,15);3-4,7H,2,5-6,11H2,1H3,(H,12,13,14). The number of nitrogen functional groups attached to an aromatic ring is 2. The lowest BCUT2D eigenvalue weighted by Crippen LogP contribution is -2.08. The van der Waals surface area contributed by atoms with Gasteiger partial charge < -0.3 is 30.4 Å². The second-order valence-electron chi connectivity index (χ2n) is 7.14. The van der Waals surface area contributed by atoms with Crippen LogP contribution in [0.3, 0.4) is 0 Å². The van der Waals surface area contributed by atoms with Crippen molar-refractivity contribution in [1.29, 1.82) is 0 Å². The van der Waals surface area contributed by atoms with Gasteiger partial charge >= 0.3 is 0 Å². The van der Waals surface area contributed by atoms with Crippen molar-refractivity contribution in [2.75, 3.05) is 50.4 Å². The van der Waals surface area contributed by atoms with E-state index in [1.807, 2.05) is 0 Å². The molecule has 0 radical (unpaired) electrons. The van der Waals surface area contributed by atoms with Crippen LogP contribution in [0.25, 0.3) is 0 Å². The quantitative estimate of drug-likeness (QED) is 0.166. The second kappa shape index (κ2) is 14.5. The lowest BCUT2D eigenvalue weighted by atomic mass is 10.3. The van der Waals surface area contributed by atoms with Crippen molar-refractivity contribution in [3.8, 4) is 23.0 Å². The summed E-state index contributed by atoms with van der Waals surface area (Å²) in [5.74, 6) is 1.60. The predicted molar refractivity (Wildman–Crippen MR) is 132 cm³/mol. The van der Waals surface area contributed by atoms with Crippen LogP contribution in [-0.4, -0.2) is 64.9 Å². The first-order valence-electron chi connectivity index (χ1n) is 10.4. The van der Waals surface area contributed by atoms with Crippen molar-refractivity contribution in [3.05, 3.63) is 36.4 Å². The molecule has 198 valence electrons. The number of anilines is 2. The minimum Gasteiger partial charge on any atom is -0.494 e. The van der Waals surface area contributed by atoms with Crippen LogP contribution >= 0.6 is 0 Å². The van der Waals surface area contributed by atoms with E-state index in [1.165, 1.54) is 14.2 Å². The molecule has 0 aliphatic rings. The molecule has 0 heterocycles. The monoisotopic (exact) mass is 536 g/mol. The molecule has 35 heavy (non-hydrogen) atoms. The third-order valence-electron chi connectivity index (χ3n) is 4.29. The zero-order valence-corrected chi connectivity index (χ0v) is 21.2. The highest BCUT2D eigenvalue weighted by atomic mass is 32.2. The molecule has 2 aromatic carbocycles. The molecule has 6 N–H and O–H groups in total. The van der Waals surface area contributed by atoms with Gasteiger partial charge in [0, 0.05) is 12.1 Å². The number of benzene rings is 2. The summed E-state index contributed by atoms with van der Waals surface area (Å²) >= 11 is 0. The average molecular weight is 537 g/mol. The van der Waals surface area contributed by atoms with Crippen molar-refractivity contribution in [2.45, 2.75) is 19.3 Å². The lowest BCUT2D eigenvalue weighted by molar-refractivity contribution is 0.307. The number of hydrogen-bond acceptors (Lipinski definition) is 10. The Kier molecular flexibility index (Phi) is 12.4. The summed E-state index contributed by atoms with van der Waals surface area (Å²) in [5, 5.41) is 0. The van der Waals surface area contributed by atoms with E-state index in [1.54, 1.807) is 36.4 Å². The van der Waals surface area contributed by atoms with E-state index < -0.39 is 20.2 Å². The first-order valence-corrected chi connectivity index (χ1v) is 13.6. The van der Waals surface area contributed by atoms with Gasteiger partial charge in [0.15, 0.2) is 0 Å². The van der Waals surface area contributed by atoms with E-state index in [9.17, 15) is 16.8 Å². The summed E-state index contributed by atoms with van der Waals surface area (Å²) in [6.45, 7) is 0.551. The van der Waals surface area contributed by atoms with Crippen molar-refractivity contribution in [3.63, 3.8) is 0 Å². The van der Waals surface area contributed by atoms with Crippen LogP contribution in [0.4, 0.5) is 11.4 Å². The number of ether oxygens (including phenoxy) is 4. The van der Waals surface area contributed by atoms with Crippen LogP contribution in [-0.2, 0) is 20.2 Å². The fourth-order valence-corrected chi connectivity index (χ4v) is 3.62. The fourth-order valence-electron chi connectivity index (χ4n) is 2.57. The molecule has 0 aliphatic carbocycles. The molecule has 0 saturated carbocycles. The van der Waals surface area contributed by atoms with Gasteiger partial charge in [-0.2, -0.15) is 16.8 Å². The number of rotatable bonds is 13. The van der Waals surface area contributed by atoms with Gasteiger partial charge in [0.05, 0.1) is 50.3 Å². The van der Waals surface area contributed by atoms with Crippen LogP contribution in [0, 0.1) is 0 Å². The van der Waals surface area contributed by atoms with E-state index in [0.717, 1.165) is 0 Å². The Balaban J connectivity index is 0.000000351.